The summed E-state index contributed by atoms with van der Waals surface area (Å²) in [6.07, 6.45) is 7.62. The Hall–Kier alpha value is -1.34. The van der Waals surface area contributed by atoms with E-state index in [9.17, 15) is 0 Å². The van der Waals surface area contributed by atoms with Crippen LogP contribution >= 0.6 is 0 Å². The highest BCUT2D eigenvalue weighted by Gasteiger charge is 2.07. The average molecular weight is 200 g/mol. The summed E-state index contributed by atoms with van der Waals surface area (Å²) in [6.45, 7) is 3.00. The highest BCUT2D eigenvalue weighted by Crippen LogP contribution is 2.14. The molecular formula is C14H16O. The summed E-state index contributed by atoms with van der Waals surface area (Å²) in [5, 5.41) is 0. The van der Waals surface area contributed by atoms with E-state index in [1.165, 1.54) is 11.1 Å². The molecule has 0 aliphatic carbocycles. The van der Waals surface area contributed by atoms with Gasteiger partial charge in [-0.05, 0) is 18.9 Å². The van der Waals surface area contributed by atoms with E-state index in [-0.39, 0.29) is 6.10 Å². The lowest BCUT2D eigenvalue weighted by atomic mass is 10.1. The lowest BCUT2D eigenvalue weighted by Crippen LogP contribution is -2.13. The predicted octanol–water partition coefficient (Wildman–Crippen LogP) is 3.44. The number of benzene rings is 1. The highest BCUT2D eigenvalue weighted by molar-refractivity contribution is 5.49. The van der Waals surface area contributed by atoms with Crippen LogP contribution < -0.4 is 0 Å². The van der Waals surface area contributed by atoms with Crippen molar-refractivity contribution in [1.82, 2.24) is 0 Å². The van der Waals surface area contributed by atoms with Gasteiger partial charge in [0.15, 0.2) is 0 Å². The molecule has 1 heterocycles. The first-order chi connectivity index (χ1) is 7.34. The maximum Gasteiger partial charge on any atom is 0.0943 e. The normalized spacial score (nSPS) is 21.7. The molecule has 0 spiro atoms. The minimum Gasteiger partial charge on any atom is -0.370 e. The lowest BCUT2D eigenvalue weighted by Gasteiger charge is -2.17. The molecule has 1 atom stereocenters. The van der Waals surface area contributed by atoms with Crippen molar-refractivity contribution in [3.05, 3.63) is 53.6 Å². The van der Waals surface area contributed by atoms with Crippen molar-refractivity contribution in [2.45, 2.75) is 19.4 Å². The van der Waals surface area contributed by atoms with Crippen LogP contribution in [0.1, 0.15) is 18.9 Å². The van der Waals surface area contributed by atoms with Crippen molar-refractivity contribution in [3.63, 3.8) is 0 Å². The minimum atomic E-state index is 0.152. The summed E-state index contributed by atoms with van der Waals surface area (Å²) in [4.78, 5) is 0. The Kier molecular flexibility index (Phi) is 3.36. The Bertz CT molecular complexity index is 362. The summed E-state index contributed by atoms with van der Waals surface area (Å²) in [5.41, 5.74) is 2.64. The predicted molar refractivity (Wildman–Crippen MR) is 63.6 cm³/mol. The number of rotatable bonds is 2. The van der Waals surface area contributed by atoms with Crippen LogP contribution in [0.15, 0.2) is 48.1 Å². The molecule has 1 aliphatic heterocycles. The van der Waals surface area contributed by atoms with Crippen LogP contribution in [0.25, 0.3) is 6.08 Å². The van der Waals surface area contributed by atoms with Crippen LogP contribution in [0.2, 0.25) is 0 Å². The van der Waals surface area contributed by atoms with Gasteiger partial charge in [-0.25, -0.2) is 0 Å². The molecule has 0 saturated heterocycles. The van der Waals surface area contributed by atoms with E-state index >= 15 is 0 Å². The third-order valence-corrected chi connectivity index (χ3v) is 2.53. The van der Waals surface area contributed by atoms with Crippen LogP contribution in [0, 0.1) is 0 Å². The molecular weight excluding hydrogens is 184 g/mol. The fourth-order valence-electron chi connectivity index (χ4n) is 1.65. The van der Waals surface area contributed by atoms with E-state index in [0.717, 1.165) is 13.0 Å². The molecule has 1 aromatic carbocycles. The van der Waals surface area contributed by atoms with Crippen molar-refractivity contribution >= 4 is 6.08 Å². The summed E-state index contributed by atoms with van der Waals surface area (Å²) in [5.74, 6) is 0. The smallest absolute Gasteiger partial charge is 0.0943 e. The number of ether oxygens (including phenoxy) is 1. The molecule has 1 aliphatic rings. The van der Waals surface area contributed by atoms with Crippen molar-refractivity contribution in [2.24, 2.45) is 0 Å². The molecule has 78 valence electrons. The first-order valence-electron chi connectivity index (χ1n) is 5.37. The topological polar surface area (TPSA) is 9.23 Å². The Labute approximate surface area is 91.1 Å². The Morgan fingerprint density at radius 2 is 2.07 bits per heavy atom. The van der Waals surface area contributed by atoms with Gasteiger partial charge in [0.1, 0.15) is 0 Å². The summed E-state index contributed by atoms with van der Waals surface area (Å²) >= 11 is 0. The summed E-state index contributed by atoms with van der Waals surface area (Å²) < 4.78 is 5.61. The van der Waals surface area contributed by atoms with Gasteiger partial charge in [0.05, 0.1) is 12.7 Å². The second-order valence-corrected chi connectivity index (χ2v) is 3.87. The fourth-order valence-corrected chi connectivity index (χ4v) is 1.65. The van der Waals surface area contributed by atoms with Gasteiger partial charge in [0, 0.05) is 0 Å². The molecule has 0 amide bonds. The zero-order chi connectivity index (χ0) is 10.5. The monoisotopic (exact) mass is 200 g/mol. The summed E-state index contributed by atoms with van der Waals surface area (Å²) in [7, 11) is 0. The highest BCUT2D eigenvalue weighted by atomic mass is 16.5. The molecule has 1 nitrogen and oxygen atoms in total. The zero-order valence-corrected chi connectivity index (χ0v) is 9.02. The van der Waals surface area contributed by atoms with Crippen LogP contribution in [0.3, 0.4) is 0 Å². The largest absolute Gasteiger partial charge is 0.370 e. The van der Waals surface area contributed by atoms with Gasteiger partial charge in [-0.3, -0.25) is 0 Å². The zero-order valence-electron chi connectivity index (χ0n) is 9.02. The van der Waals surface area contributed by atoms with Crippen molar-refractivity contribution in [3.8, 4) is 0 Å². The summed E-state index contributed by atoms with van der Waals surface area (Å²) in [6, 6.07) is 10.3. The third-order valence-electron chi connectivity index (χ3n) is 2.53. The van der Waals surface area contributed by atoms with Crippen LogP contribution in [-0.2, 0) is 4.74 Å². The molecule has 0 bridgehead atoms. The standard InChI is InChI=1S/C14H16O/c1-12-9-10-15-14(11-12)8-7-13-5-3-2-4-6-13/h2-8,11,14H,9-10H2,1H3/b8-7+. The Balaban J connectivity index is 2.03. The molecule has 0 N–H and O–H groups in total. The molecule has 1 aromatic rings. The molecule has 0 fully saturated rings. The van der Waals surface area contributed by atoms with Crippen molar-refractivity contribution in [1.29, 1.82) is 0 Å². The van der Waals surface area contributed by atoms with Gasteiger partial charge in [-0.15, -0.1) is 0 Å². The average Bonchev–Trinajstić information content (AvgIpc) is 2.28. The van der Waals surface area contributed by atoms with Gasteiger partial charge in [-0.2, -0.15) is 0 Å². The number of hydrogen-bond donors (Lipinski definition) is 0. The first-order valence-corrected chi connectivity index (χ1v) is 5.37. The quantitative estimate of drug-likeness (QED) is 0.664. The number of hydrogen-bond acceptors (Lipinski definition) is 1. The first kappa shape index (κ1) is 10.2. The van der Waals surface area contributed by atoms with E-state index in [1.54, 1.807) is 0 Å². The molecule has 0 aromatic heterocycles. The van der Waals surface area contributed by atoms with E-state index < -0.39 is 0 Å². The lowest BCUT2D eigenvalue weighted by molar-refractivity contribution is 0.107. The fraction of sp³-hybridized carbons (Fsp3) is 0.286. The maximum atomic E-state index is 5.61. The second kappa shape index (κ2) is 4.94. The Morgan fingerprint density at radius 1 is 1.27 bits per heavy atom. The van der Waals surface area contributed by atoms with E-state index in [4.69, 9.17) is 4.74 Å². The molecule has 0 radical (unpaired) electrons. The Morgan fingerprint density at radius 3 is 2.80 bits per heavy atom. The van der Waals surface area contributed by atoms with Crippen LogP contribution in [0.4, 0.5) is 0 Å². The van der Waals surface area contributed by atoms with E-state index in [1.807, 2.05) is 18.2 Å². The molecule has 1 heteroatoms. The van der Waals surface area contributed by atoms with E-state index in [2.05, 4.69) is 37.3 Å². The molecule has 15 heavy (non-hydrogen) atoms. The molecule has 0 saturated carbocycles. The van der Waals surface area contributed by atoms with Gasteiger partial charge in [0.25, 0.3) is 0 Å². The third kappa shape index (κ3) is 3.07. The van der Waals surface area contributed by atoms with Gasteiger partial charge in [-0.1, -0.05) is 54.1 Å². The molecule has 1 unspecified atom stereocenters. The van der Waals surface area contributed by atoms with Crippen LogP contribution in [0.5, 0.6) is 0 Å². The van der Waals surface area contributed by atoms with Crippen molar-refractivity contribution in [2.75, 3.05) is 6.61 Å². The van der Waals surface area contributed by atoms with Gasteiger partial charge in [0.2, 0.25) is 0 Å². The van der Waals surface area contributed by atoms with Gasteiger partial charge < -0.3 is 4.74 Å². The second-order valence-electron chi connectivity index (χ2n) is 3.87. The SMILES string of the molecule is CC1=CC(/C=C/c2ccccc2)OCC1. The minimum absolute atomic E-state index is 0.152. The molecule has 2 rings (SSSR count). The van der Waals surface area contributed by atoms with E-state index in [0.29, 0.717) is 0 Å². The van der Waals surface area contributed by atoms with Crippen LogP contribution in [-0.4, -0.2) is 12.7 Å². The van der Waals surface area contributed by atoms with Crippen molar-refractivity contribution < 1.29 is 4.74 Å². The maximum absolute atomic E-state index is 5.61. The van der Waals surface area contributed by atoms with Gasteiger partial charge >= 0.3 is 0 Å².